The molecule has 0 saturated heterocycles. The monoisotopic (exact) mass is 328 g/mol. The molecule has 3 nitrogen and oxygen atoms in total. The van der Waals surface area contributed by atoms with Crippen molar-refractivity contribution in [1.82, 2.24) is 10.2 Å². The lowest BCUT2D eigenvalue weighted by Gasteiger charge is -2.24. The highest BCUT2D eigenvalue weighted by Crippen LogP contribution is 2.16. The van der Waals surface area contributed by atoms with Crippen LogP contribution in [0.1, 0.15) is 17.2 Å². The van der Waals surface area contributed by atoms with Crippen LogP contribution >= 0.6 is 11.6 Å². The molecule has 1 atom stereocenters. The Balaban J connectivity index is 1.93. The molecule has 2 rings (SSSR count). The fourth-order valence-corrected chi connectivity index (χ4v) is 2.40. The quantitative estimate of drug-likeness (QED) is 0.819. The van der Waals surface area contributed by atoms with E-state index in [1.165, 1.54) is 5.56 Å². The molecule has 0 aliphatic heterocycles. The molecule has 1 N–H and O–H groups in total. The van der Waals surface area contributed by atoms with Gasteiger partial charge in [0.05, 0.1) is 6.04 Å². The Labute approximate surface area is 142 Å². The van der Waals surface area contributed by atoms with Crippen LogP contribution in [0.15, 0.2) is 60.7 Å². The van der Waals surface area contributed by atoms with Crippen molar-refractivity contribution in [3.05, 3.63) is 76.8 Å². The largest absolute Gasteiger partial charge is 0.351 e. The number of nitrogens with zero attached hydrogens (tertiary/aromatic N) is 1. The first-order chi connectivity index (χ1) is 11.1. The van der Waals surface area contributed by atoms with Gasteiger partial charge in [0.15, 0.2) is 0 Å². The van der Waals surface area contributed by atoms with Crippen molar-refractivity contribution in [2.45, 2.75) is 6.04 Å². The number of hydrogen-bond donors (Lipinski definition) is 1. The highest BCUT2D eigenvalue weighted by atomic mass is 35.5. The summed E-state index contributed by atoms with van der Waals surface area (Å²) in [5.41, 5.74) is 2.12. The van der Waals surface area contributed by atoms with Crippen LogP contribution in [-0.4, -0.2) is 31.4 Å². The fraction of sp³-hybridized carbons (Fsp3) is 0.211. The predicted octanol–water partition coefficient (Wildman–Crippen LogP) is 3.77. The van der Waals surface area contributed by atoms with E-state index in [9.17, 15) is 4.79 Å². The number of halogens is 1. The van der Waals surface area contributed by atoms with Crippen LogP contribution in [0.25, 0.3) is 6.08 Å². The first-order valence-corrected chi connectivity index (χ1v) is 7.87. The van der Waals surface area contributed by atoms with Crippen LogP contribution in [0.5, 0.6) is 0 Å². The van der Waals surface area contributed by atoms with Crippen LogP contribution in [0.2, 0.25) is 5.02 Å². The van der Waals surface area contributed by atoms with Gasteiger partial charge in [-0.3, -0.25) is 4.79 Å². The van der Waals surface area contributed by atoms with Crippen LogP contribution in [0, 0.1) is 0 Å². The summed E-state index contributed by atoms with van der Waals surface area (Å²) < 4.78 is 0. The topological polar surface area (TPSA) is 32.3 Å². The summed E-state index contributed by atoms with van der Waals surface area (Å²) in [5, 5.41) is 3.63. The van der Waals surface area contributed by atoms with E-state index in [0.29, 0.717) is 11.6 Å². The molecule has 0 aromatic heterocycles. The van der Waals surface area contributed by atoms with Gasteiger partial charge in [0.25, 0.3) is 0 Å². The van der Waals surface area contributed by atoms with Gasteiger partial charge in [-0.15, -0.1) is 0 Å². The maximum Gasteiger partial charge on any atom is 0.244 e. The second-order valence-corrected chi connectivity index (χ2v) is 5.96. The minimum absolute atomic E-state index is 0.109. The van der Waals surface area contributed by atoms with Crippen molar-refractivity contribution in [2.24, 2.45) is 0 Å². The number of hydrogen-bond acceptors (Lipinski definition) is 2. The summed E-state index contributed by atoms with van der Waals surface area (Å²) in [6.07, 6.45) is 3.32. The predicted molar refractivity (Wildman–Crippen MR) is 96.4 cm³/mol. The minimum atomic E-state index is -0.109. The van der Waals surface area contributed by atoms with E-state index in [2.05, 4.69) is 22.3 Å². The number of nitrogens with one attached hydrogen (secondary N) is 1. The summed E-state index contributed by atoms with van der Waals surface area (Å²) in [6.45, 7) is 0.556. The Morgan fingerprint density at radius 1 is 1.13 bits per heavy atom. The summed E-state index contributed by atoms with van der Waals surface area (Å²) in [4.78, 5) is 14.1. The maximum atomic E-state index is 12.0. The molecule has 0 radical (unpaired) electrons. The molecule has 0 aliphatic rings. The normalized spacial score (nSPS) is 12.5. The summed E-state index contributed by atoms with van der Waals surface area (Å²) >= 11 is 5.84. The second-order valence-electron chi connectivity index (χ2n) is 5.52. The van der Waals surface area contributed by atoms with Crippen molar-refractivity contribution in [2.75, 3.05) is 20.6 Å². The zero-order valence-corrected chi connectivity index (χ0v) is 14.1. The first kappa shape index (κ1) is 17.3. The standard InChI is InChI=1S/C19H21ClN2O/c1-22(2)18(16-6-4-3-5-7-16)14-21-19(23)13-10-15-8-11-17(20)12-9-15/h3-13,18H,14H2,1-2H3,(H,21,23)/b13-10+. The highest BCUT2D eigenvalue weighted by molar-refractivity contribution is 6.30. The summed E-state index contributed by atoms with van der Waals surface area (Å²) in [5.74, 6) is -0.109. The molecule has 0 saturated carbocycles. The van der Waals surface area contributed by atoms with Gasteiger partial charge in [-0.05, 0) is 43.4 Å². The first-order valence-electron chi connectivity index (χ1n) is 7.49. The van der Waals surface area contributed by atoms with E-state index in [1.54, 1.807) is 24.3 Å². The molecule has 0 aliphatic carbocycles. The van der Waals surface area contributed by atoms with E-state index in [-0.39, 0.29) is 11.9 Å². The van der Waals surface area contributed by atoms with E-state index >= 15 is 0 Å². The third-order valence-corrected chi connectivity index (χ3v) is 3.83. The van der Waals surface area contributed by atoms with Crippen molar-refractivity contribution in [3.8, 4) is 0 Å². The molecular weight excluding hydrogens is 308 g/mol. The maximum absolute atomic E-state index is 12.0. The van der Waals surface area contributed by atoms with Gasteiger partial charge in [0.1, 0.15) is 0 Å². The number of amides is 1. The van der Waals surface area contributed by atoms with Gasteiger partial charge in [0.2, 0.25) is 5.91 Å². The van der Waals surface area contributed by atoms with E-state index < -0.39 is 0 Å². The molecule has 4 heteroatoms. The molecule has 1 unspecified atom stereocenters. The molecule has 0 spiro atoms. The zero-order valence-electron chi connectivity index (χ0n) is 13.4. The van der Waals surface area contributed by atoms with Crippen LogP contribution in [-0.2, 0) is 4.79 Å². The SMILES string of the molecule is CN(C)C(CNC(=O)/C=C/c1ccc(Cl)cc1)c1ccccc1. The zero-order chi connectivity index (χ0) is 16.7. The Kier molecular flexibility index (Phi) is 6.39. The van der Waals surface area contributed by atoms with Gasteiger partial charge < -0.3 is 10.2 Å². The third-order valence-electron chi connectivity index (χ3n) is 3.57. The Bertz CT molecular complexity index is 651. The molecule has 0 heterocycles. The molecule has 1 amide bonds. The average molecular weight is 329 g/mol. The van der Waals surface area contributed by atoms with Gasteiger partial charge in [0, 0.05) is 17.6 Å². The van der Waals surface area contributed by atoms with Gasteiger partial charge in [-0.1, -0.05) is 54.1 Å². The number of benzene rings is 2. The smallest absolute Gasteiger partial charge is 0.244 e. The van der Waals surface area contributed by atoms with Gasteiger partial charge in [-0.2, -0.15) is 0 Å². The number of carbonyl (C=O) groups excluding carboxylic acids is 1. The van der Waals surface area contributed by atoms with E-state index in [1.807, 2.05) is 44.4 Å². The average Bonchev–Trinajstić information content (AvgIpc) is 2.55. The lowest BCUT2D eigenvalue weighted by molar-refractivity contribution is -0.116. The number of rotatable bonds is 6. The van der Waals surface area contributed by atoms with Crippen molar-refractivity contribution >= 4 is 23.6 Å². The van der Waals surface area contributed by atoms with E-state index in [4.69, 9.17) is 11.6 Å². The molecule has 2 aromatic rings. The lowest BCUT2D eigenvalue weighted by Crippen LogP contribution is -2.33. The fourth-order valence-electron chi connectivity index (χ4n) is 2.28. The minimum Gasteiger partial charge on any atom is -0.351 e. The van der Waals surface area contributed by atoms with Crippen molar-refractivity contribution < 1.29 is 4.79 Å². The van der Waals surface area contributed by atoms with Crippen molar-refractivity contribution in [1.29, 1.82) is 0 Å². The van der Waals surface area contributed by atoms with Crippen molar-refractivity contribution in [3.63, 3.8) is 0 Å². The molecular formula is C19H21ClN2O. The van der Waals surface area contributed by atoms with Gasteiger partial charge in [-0.25, -0.2) is 0 Å². The molecule has 2 aromatic carbocycles. The second kappa shape index (κ2) is 8.51. The highest BCUT2D eigenvalue weighted by Gasteiger charge is 2.13. The molecule has 0 bridgehead atoms. The third kappa shape index (κ3) is 5.55. The van der Waals surface area contributed by atoms with E-state index in [0.717, 1.165) is 5.56 Å². The van der Waals surface area contributed by atoms with Crippen LogP contribution in [0.4, 0.5) is 0 Å². The Morgan fingerprint density at radius 3 is 2.39 bits per heavy atom. The molecule has 120 valence electrons. The number of carbonyl (C=O) groups is 1. The lowest BCUT2D eigenvalue weighted by atomic mass is 10.1. The molecule has 0 fully saturated rings. The number of likely N-dealkylation sites (N-methyl/N-ethyl adjacent to an activating group) is 1. The van der Waals surface area contributed by atoms with Crippen LogP contribution < -0.4 is 5.32 Å². The Morgan fingerprint density at radius 2 is 1.78 bits per heavy atom. The molecule has 23 heavy (non-hydrogen) atoms. The van der Waals surface area contributed by atoms with Gasteiger partial charge >= 0.3 is 0 Å². The van der Waals surface area contributed by atoms with Crippen LogP contribution in [0.3, 0.4) is 0 Å². The summed E-state index contributed by atoms with van der Waals surface area (Å²) in [6, 6.07) is 17.6. The summed E-state index contributed by atoms with van der Waals surface area (Å²) in [7, 11) is 4.01. The Hall–Kier alpha value is -2.10.